The van der Waals surface area contributed by atoms with Crippen LogP contribution in [-0.2, 0) is 12.8 Å². The monoisotopic (exact) mass is 246 g/mol. The molecule has 0 amide bonds. The molecule has 0 saturated heterocycles. The zero-order valence-corrected chi connectivity index (χ0v) is 9.78. The molecule has 0 fully saturated rings. The predicted octanol–water partition coefficient (Wildman–Crippen LogP) is 3.53. The summed E-state index contributed by atoms with van der Waals surface area (Å²) in [6, 6.07) is 10.5. The van der Waals surface area contributed by atoms with Gasteiger partial charge in [0.2, 0.25) is 0 Å². The lowest BCUT2D eigenvalue weighted by molar-refractivity contribution is 0.625. The third-order valence-corrected chi connectivity index (χ3v) is 2.60. The zero-order valence-electron chi connectivity index (χ0n) is 9.78. The van der Waals surface area contributed by atoms with E-state index in [1.165, 1.54) is 6.07 Å². The Bertz CT molecular complexity index is 503. The summed E-state index contributed by atoms with van der Waals surface area (Å²) < 4.78 is 13.0. The molecule has 0 aliphatic heterocycles. The first-order valence-electron chi connectivity index (χ1n) is 5.61. The molecule has 0 aliphatic rings. The molecule has 0 spiro atoms. The van der Waals surface area contributed by atoms with Gasteiger partial charge in [0.1, 0.15) is 11.6 Å². The second-order valence-electron chi connectivity index (χ2n) is 4.19. The van der Waals surface area contributed by atoms with Crippen LogP contribution < -0.4 is 5.73 Å². The van der Waals surface area contributed by atoms with E-state index in [0.717, 1.165) is 29.7 Å². The highest BCUT2D eigenvalue weighted by atomic mass is 19.1. The molecular weight excluding hydrogens is 227 g/mol. The fourth-order valence-corrected chi connectivity index (χ4v) is 1.86. The number of rotatable bonds is 3. The molecule has 2 rings (SSSR count). The van der Waals surface area contributed by atoms with Crippen LogP contribution in [0.4, 0.5) is 10.2 Å². The summed E-state index contributed by atoms with van der Waals surface area (Å²) in [5, 5.41) is 0. The molecule has 2 nitrogen and oxygen atoms in total. The standard InChI is InChI=1S/C14H15FN2.CH4/c1-10-7-13(17-14(16)8-10)6-5-11-3-2-4-12(15)9-11;/h2-4,7-9H,5-6H2,1H3,(H2,16,17);1H4. The van der Waals surface area contributed by atoms with Crippen molar-refractivity contribution >= 4 is 5.82 Å². The number of aromatic nitrogens is 1. The van der Waals surface area contributed by atoms with Gasteiger partial charge in [-0.2, -0.15) is 0 Å². The number of anilines is 1. The Balaban J connectivity index is 0.00000162. The third-order valence-electron chi connectivity index (χ3n) is 2.60. The molecule has 0 radical (unpaired) electrons. The maximum Gasteiger partial charge on any atom is 0.123 e. The van der Waals surface area contributed by atoms with Crippen LogP contribution in [0.15, 0.2) is 36.4 Å². The van der Waals surface area contributed by atoms with Crippen molar-refractivity contribution in [3.8, 4) is 0 Å². The smallest absolute Gasteiger partial charge is 0.123 e. The molecule has 1 aromatic carbocycles. The van der Waals surface area contributed by atoms with Crippen molar-refractivity contribution < 1.29 is 4.39 Å². The molecule has 1 heterocycles. The Morgan fingerprint density at radius 1 is 1.17 bits per heavy atom. The quantitative estimate of drug-likeness (QED) is 0.899. The zero-order chi connectivity index (χ0) is 12.3. The summed E-state index contributed by atoms with van der Waals surface area (Å²) in [5.41, 5.74) is 8.71. The van der Waals surface area contributed by atoms with Crippen LogP contribution in [0.25, 0.3) is 0 Å². The molecule has 0 bridgehead atoms. The van der Waals surface area contributed by atoms with Gasteiger partial charge in [-0.3, -0.25) is 0 Å². The third kappa shape index (κ3) is 3.84. The van der Waals surface area contributed by atoms with Crippen LogP contribution in [0.3, 0.4) is 0 Å². The van der Waals surface area contributed by atoms with Crippen LogP contribution in [-0.4, -0.2) is 4.98 Å². The summed E-state index contributed by atoms with van der Waals surface area (Å²) in [6.07, 6.45) is 1.54. The number of halogens is 1. The van der Waals surface area contributed by atoms with Gasteiger partial charge >= 0.3 is 0 Å². The van der Waals surface area contributed by atoms with E-state index in [4.69, 9.17) is 5.73 Å². The number of aryl methyl sites for hydroxylation is 3. The lowest BCUT2D eigenvalue weighted by Gasteiger charge is -2.04. The first kappa shape index (κ1) is 14.2. The minimum Gasteiger partial charge on any atom is -0.384 e. The Morgan fingerprint density at radius 2 is 1.94 bits per heavy atom. The van der Waals surface area contributed by atoms with Crippen LogP contribution in [0.2, 0.25) is 0 Å². The van der Waals surface area contributed by atoms with E-state index in [0.29, 0.717) is 5.82 Å². The number of benzene rings is 1. The number of pyridine rings is 1. The van der Waals surface area contributed by atoms with Gasteiger partial charge in [0.05, 0.1) is 0 Å². The topological polar surface area (TPSA) is 38.9 Å². The Morgan fingerprint density at radius 3 is 2.61 bits per heavy atom. The van der Waals surface area contributed by atoms with Crippen molar-refractivity contribution in [1.82, 2.24) is 4.98 Å². The van der Waals surface area contributed by atoms with E-state index in [-0.39, 0.29) is 13.2 Å². The minimum atomic E-state index is -0.195. The highest BCUT2D eigenvalue weighted by Gasteiger charge is 2.00. The summed E-state index contributed by atoms with van der Waals surface area (Å²) in [5.74, 6) is 0.346. The maximum absolute atomic E-state index is 13.0. The molecule has 0 aliphatic carbocycles. The van der Waals surface area contributed by atoms with Crippen LogP contribution in [0.5, 0.6) is 0 Å². The van der Waals surface area contributed by atoms with Crippen molar-refractivity contribution in [3.05, 3.63) is 59.0 Å². The van der Waals surface area contributed by atoms with Gasteiger partial charge in [-0.05, 0) is 55.2 Å². The number of hydrogen-bond acceptors (Lipinski definition) is 2. The molecule has 18 heavy (non-hydrogen) atoms. The fourth-order valence-electron chi connectivity index (χ4n) is 1.86. The van der Waals surface area contributed by atoms with Crippen molar-refractivity contribution in [3.63, 3.8) is 0 Å². The lowest BCUT2D eigenvalue weighted by Crippen LogP contribution is -1.99. The van der Waals surface area contributed by atoms with Gasteiger partial charge in [-0.25, -0.2) is 9.37 Å². The number of hydrogen-bond donors (Lipinski definition) is 1. The van der Waals surface area contributed by atoms with E-state index in [2.05, 4.69) is 4.98 Å². The van der Waals surface area contributed by atoms with Gasteiger partial charge in [0.15, 0.2) is 0 Å². The molecule has 0 atom stereocenters. The van der Waals surface area contributed by atoms with Gasteiger partial charge in [0.25, 0.3) is 0 Å². The molecular formula is C15H19FN2. The molecule has 2 aromatic rings. The average molecular weight is 246 g/mol. The van der Waals surface area contributed by atoms with Gasteiger partial charge in [-0.1, -0.05) is 19.6 Å². The summed E-state index contributed by atoms with van der Waals surface area (Å²) in [4.78, 5) is 4.26. The summed E-state index contributed by atoms with van der Waals surface area (Å²) in [6.45, 7) is 1.99. The highest BCUT2D eigenvalue weighted by Crippen LogP contribution is 2.11. The van der Waals surface area contributed by atoms with Gasteiger partial charge in [-0.15, -0.1) is 0 Å². The summed E-state index contributed by atoms with van der Waals surface area (Å²) >= 11 is 0. The van der Waals surface area contributed by atoms with Crippen LogP contribution >= 0.6 is 0 Å². The minimum absolute atomic E-state index is 0. The Hall–Kier alpha value is -1.90. The molecule has 2 N–H and O–H groups in total. The molecule has 0 unspecified atom stereocenters. The van der Waals surface area contributed by atoms with Crippen molar-refractivity contribution in [2.75, 3.05) is 5.73 Å². The van der Waals surface area contributed by atoms with Crippen molar-refractivity contribution in [2.24, 2.45) is 0 Å². The second-order valence-corrected chi connectivity index (χ2v) is 4.19. The predicted molar refractivity (Wildman–Crippen MR) is 73.9 cm³/mol. The second kappa shape index (κ2) is 6.15. The molecule has 96 valence electrons. The fraction of sp³-hybridized carbons (Fsp3) is 0.267. The molecule has 3 heteroatoms. The van der Waals surface area contributed by atoms with E-state index in [1.54, 1.807) is 12.1 Å². The first-order valence-corrected chi connectivity index (χ1v) is 5.61. The SMILES string of the molecule is C.Cc1cc(N)nc(CCc2cccc(F)c2)c1. The largest absolute Gasteiger partial charge is 0.384 e. The number of nitrogen functional groups attached to an aromatic ring is 1. The highest BCUT2D eigenvalue weighted by molar-refractivity contribution is 5.34. The van der Waals surface area contributed by atoms with Gasteiger partial charge in [0, 0.05) is 5.69 Å². The Labute approximate surface area is 108 Å². The lowest BCUT2D eigenvalue weighted by atomic mass is 10.1. The molecule has 0 saturated carbocycles. The normalized spacial score (nSPS) is 9.89. The summed E-state index contributed by atoms with van der Waals surface area (Å²) in [7, 11) is 0. The van der Waals surface area contributed by atoms with E-state index in [9.17, 15) is 4.39 Å². The molecule has 1 aromatic heterocycles. The average Bonchev–Trinajstić information content (AvgIpc) is 2.25. The van der Waals surface area contributed by atoms with Crippen molar-refractivity contribution in [1.29, 1.82) is 0 Å². The van der Waals surface area contributed by atoms with Gasteiger partial charge < -0.3 is 5.73 Å². The first-order chi connectivity index (χ1) is 8.13. The van der Waals surface area contributed by atoms with E-state index in [1.807, 2.05) is 25.1 Å². The van der Waals surface area contributed by atoms with E-state index < -0.39 is 0 Å². The Kier molecular flexibility index (Phi) is 4.84. The van der Waals surface area contributed by atoms with Crippen LogP contribution in [0, 0.1) is 12.7 Å². The maximum atomic E-state index is 13.0. The van der Waals surface area contributed by atoms with Crippen LogP contribution in [0.1, 0.15) is 24.2 Å². The number of nitrogens with zero attached hydrogens (tertiary/aromatic N) is 1. The van der Waals surface area contributed by atoms with Crippen molar-refractivity contribution in [2.45, 2.75) is 27.2 Å². The number of nitrogens with two attached hydrogens (primary N) is 1. The van der Waals surface area contributed by atoms with E-state index >= 15 is 0 Å².